The van der Waals surface area contributed by atoms with Gasteiger partial charge in [-0.3, -0.25) is 0 Å². The van der Waals surface area contributed by atoms with E-state index in [4.69, 9.17) is 0 Å². The molecule has 14 rings (SSSR count). The zero-order valence-electron chi connectivity index (χ0n) is 43.4. The van der Waals surface area contributed by atoms with Crippen molar-refractivity contribution in [3.05, 3.63) is 173 Å². The van der Waals surface area contributed by atoms with Gasteiger partial charge in [0.25, 0.3) is 6.71 Å². The van der Waals surface area contributed by atoms with Gasteiger partial charge in [-0.25, -0.2) is 0 Å². The van der Waals surface area contributed by atoms with Crippen LogP contribution in [0.2, 0.25) is 0 Å². The van der Waals surface area contributed by atoms with Crippen molar-refractivity contribution in [3.63, 3.8) is 0 Å². The summed E-state index contributed by atoms with van der Waals surface area (Å²) in [4.78, 5) is 8.20. The van der Waals surface area contributed by atoms with Gasteiger partial charge in [-0.15, -0.1) is 22.7 Å². The summed E-state index contributed by atoms with van der Waals surface area (Å²) < 4.78 is 5.30. The molecular formula is C66H62BN3S2. The van der Waals surface area contributed by atoms with Gasteiger partial charge in [-0.2, -0.15) is 0 Å². The van der Waals surface area contributed by atoms with E-state index in [0.717, 1.165) is 6.42 Å². The van der Waals surface area contributed by atoms with Gasteiger partial charge in [0.2, 0.25) is 0 Å². The summed E-state index contributed by atoms with van der Waals surface area (Å²) in [5.74, 6) is 0. The Morgan fingerprint density at radius 3 is 1.50 bits per heavy atom. The lowest BCUT2D eigenvalue weighted by atomic mass is 9.33. The molecule has 2 unspecified atom stereocenters. The van der Waals surface area contributed by atoms with E-state index < -0.39 is 0 Å². The molecule has 10 aromatic rings. The van der Waals surface area contributed by atoms with Gasteiger partial charge in [-0.05, 0) is 155 Å². The molecule has 0 radical (unpaired) electrons. The largest absolute Gasteiger partial charge is 0.334 e. The quantitative estimate of drug-likeness (QED) is 0.163. The molecule has 6 heteroatoms. The number of thiophene rings is 2. The zero-order valence-corrected chi connectivity index (χ0v) is 45.1. The average Bonchev–Trinajstić information content (AvgIpc) is 3.97. The predicted octanol–water partition coefficient (Wildman–Crippen LogP) is 17.5. The second-order valence-corrected chi connectivity index (χ2v) is 26.4. The molecule has 1 aliphatic carbocycles. The average molecular weight is 972 g/mol. The molecule has 8 aromatic carbocycles. The molecule has 356 valence electrons. The second-order valence-electron chi connectivity index (χ2n) is 24.2. The van der Waals surface area contributed by atoms with E-state index in [0.29, 0.717) is 0 Å². The minimum absolute atomic E-state index is 0.00570. The van der Waals surface area contributed by atoms with E-state index in [-0.39, 0.29) is 28.5 Å². The topological polar surface area (TPSA) is 9.72 Å². The summed E-state index contributed by atoms with van der Waals surface area (Å²) >= 11 is 3.82. The molecule has 0 bridgehead atoms. The highest BCUT2D eigenvalue weighted by atomic mass is 32.1. The molecule has 0 saturated heterocycles. The molecule has 3 nitrogen and oxygen atoms in total. The fraction of sp³-hybridized carbons (Fsp3) is 0.273. The highest BCUT2D eigenvalue weighted by Gasteiger charge is 2.59. The fourth-order valence-electron chi connectivity index (χ4n) is 14.1. The summed E-state index contributed by atoms with van der Waals surface area (Å²) in [6, 6.07) is 57.5. The molecule has 1 saturated carbocycles. The molecule has 4 aliphatic rings. The van der Waals surface area contributed by atoms with Crippen molar-refractivity contribution in [1.82, 2.24) is 0 Å². The molecular weight excluding hydrogens is 910 g/mol. The Kier molecular flexibility index (Phi) is 9.32. The number of nitrogens with zero attached hydrogens (tertiary/aromatic N) is 3. The van der Waals surface area contributed by atoms with Gasteiger partial charge in [0.05, 0.1) is 5.54 Å². The first-order valence-corrected chi connectivity index (χ1v) is 28.0. The van der Waals surface area contributed by atoms with E-state index in [1.54, 1.807) is 5.56 Å². The van der Waals surface area contributed by atoms with Crippen molar-refractivity contribution in [3.8, 4) is 0 Å². The van der Waals surface area contributed by atoms with Crippen LogP contribution in [0.4, 0.5) is 45.5 Å². The monoisotopic (exact) mass is 971 g/mol. The van der Waals surface area contributed by atoms with Gasteiger partial charge in [-0.1, -0.05) is 140 Å². The maximum atomic E-state index is 2.84. The number of benzene rings is 8. The summed E-state index contributed by atoms with van der Waals surface area (Å²) in [5, 5.41) is 5.31. The normalized spacial score (nSPS) is 19.3. The Hall–Kier alpha value is -6.34. The number of hydrogen-bond donors (Lipinski definition) is 0. The number of hydrogen-bond acceptors (Lipinski definition) is 5. The first-order valence-electron chi connectivity index (χ1n) is 26.3. The van der Waals surface area contributed by atoms with Gasteiger partial charge in [0.15, 0.2) is 0 Å². The molecule has 2 atom stereocenters. The highest BCUT2D eigenvalue weighted by Crippen LogP contribution is 2.63. The number of anilines is 8. The Morgan fingerprint density at radius 1 is 0.472 bits per heavy atom. The lowest BCUT2D eigenvalue weighted by Crippen LogP contribution is -2.61. The standard InChI is InChI=1S/C66H62BN3S2/c1-39-31-40(2)61-54(32-39)70(66(10)30-16-15-29-65(61,66)9)45-35-55-62-56(36-45)69(44-24-26-49-47-18-12-14-20-58(47)72-60(49)38-44)53-34-42(64(6,7)8)22-28-51(53)67(62)50-27-21-41(63(3,4)5)33-52(50)68(55)43-23-25-48-46-17-11-13-19-57(46)71-59(48)37-43/h11-14,17-28,31-38H,15-16,29-30H2,1-10H3. The van der Waals surface area contributed by atoms with Crippen LogP contribution in [0, 0.1) is 13.8 Å². The zero-order chi connectivity index (χ0) is 49.4. The summed E-state index contributed by atoms with van der Waals surface area (Å²) in [7, 11) is 0. The highest BCUT2D eigenvalue weighted by molar-refractivity contribution is 7.26. The van der Waals surface area contributed by atoms with Crippen LogP contribution in [0.3, 0.4) is 0 Å². The van der Waals surface area contributed by atoms with Crippen LogP contribution in [0.5, 0.6) is 0 Å². The first kappa shape index (κ1) is 44.4. The Morgan fingerprint density at radius 2 is 0.972 bits per heavy atom. The molecule has 5 heterocycles. The third-order valence-electron chi connectivity index (χ3n) is 17.8. The molecule has 0 spiro atoms. The van der Waals surface area contributed by atoms with Crippen LogP contribution in [0.25, 0.3) is 40.3 Å². The number of aryl methyl sites for hydroxylation is 2. The lowest BCUT2D eigenvalue weighted by molar-refractivity contribution is 0.194. The van der Waals surface area contributed by atoms with Crippen molar-refractivity contribution in [1.29, 1.82) is 0 Å². The minimum atomic E-state index is -0.133. The third-order valence-corrected chi connectivity index (χ3v) is 20.1. The molecule has 0 N–H and O–H groups in total. The van der Waals surface area contributed by atoms with Crippen LogP contribution in [-0.4, -0.2) is 12.3 Å². The summed E-state index contributed by atoms with van der Waals surface area (Å²) in [5.41, 5.74) is 21.0. The van der Waals surface area contributed by atoms with E-state index >= 15 is 0 Å². The maximum Gasteiger partial charge on any atom is 0.252 e. The van der Waals surface area contributed by atoms with E-state index in [1.165, 1.54) is 144 Å². The maximum absolute atomic E-state index is 2.84. The fourth-order valence-corrected chi connectivity index (χ4v) is 16.4. The van der Waals surface area contributed by atoms with E-state index in [1.807, 2.05) is 22.7 Å². The van der Waals surface area contributed by atoms with Gasteiger partial charge < -0.3 is 14.7 Å². The summed E-state index contributed by atoms with van der Waals surface area (Å²) in [6.07, 6.45) is 4.81. The van der Waals surface area contributed by atoms with Crippen molar-refractivity contribution in [2.75, 3.05) is 14.7 Å². The molecule has 0 amide bonds. The third kappa shape index (κ3) is 6.15. The van der Waals surface area contributed by atoms with Crippen molar-refractivity contribution < 1.29 is 0 Å². The molecule has 2 aromatic heterocycles. The van der Waals surface area contributed by atoms with Crippen molar-refractivity contribution in [2.24, 2.45) is 0 Å². The van der Waals surface area contributed by atoms with Gasteiger partial charge >= 0.3 is 0 Å². The number of rotatable bonds is 3. The SMILES string of the molecule is Cc1cc(C)c2c(c1)N(c1cc3c4c(c1)N(c1ccc5c(c1)sc1ccccc15)c1cc(C(C)(C)C)ccc1B4c1ccc(C(C)(C)C)cc1N3c1ccc3c(c1)sc1ccccc13)C1(C)CCCCC21C. The predicted molar refractivity (Wildman–Crippen MR) is 316 cm³/mol. The molecule has 72 heavy (non-hydrogen) atoms. The Bertz CT molecular complexity index is 3750. The van der Waals surface area contributed by atoms with Crippen LogP contribution in [0.1, 0.15) is 109 Å². The molecule has 1 fully saturated rings. The number of fused-ring (bicyclic) bond motifs is 13. The lowest BCUT2D eigenvalue weighted by Gasteiger charge is -2.51. The Balaban J connectivity index is 1.12. The van der Waals surface area contributed by atoms with E-state index in [9.17, 15) is 0 Å². The van der Waals surface area contributed by atoms with Gasteiger partial charge in [0, 0.05) is 91.3 Å². The first-order chi connectivity index (χ1) is 34.5. The van der Waals surface area contributed by atoms with Crippen LogP contribution < -0.4 is 31.1 Å². The Labute approximate surface area is 433 Å². The van der Waals surface area contributed by atoms with Crippen LogP contribution in [-0.2, 0) is 16.2 Å². The van der Waals surface area contributed by atoms with Crippen LogP contribution in [0.15, 0.2) is 146 Å². The van der Waals surface area contributed by atoms with Crippen molar-refractivity contribution in [2.45, 2.75) is 117 Å². The van der Waals surface area contributed by atoms with Crippen molar-refractivity contribution >= 4 is 132 Å². The smallest absolute Gasteiger partial charge is 0.252 e. The second kappa shape index (κ2) is 15.1. The summed E-state index contributed by atoms with van der Waals surface area (Å²) in [6.45, 7) is 24.1. The minimum Gasteiger partial charge on any atom is -0.334 e. The van der Waals surface area contributed by atoms with E-state index in [2.05, 4.69) is 230 Å². The van der Waals surface area contributed by atoms with Crippen LogP contribution >= 0.6 is 22.7 Å². The van der Waals surface area contributed by atoms with Gasteiger partial charge in [0.1, 0.15) is 0 Å². The molecule has 3 aliphatic heterocycles.